The Kier molecular flexibility index (Phi) is 3.27. The molecule has 19 heavy (non-hydrogen) atoms. The highest BCUT2D eigenvalue weighted by molar-refractivity contribution is 5.94. The fourth-order valence-corrected chi connectivity index (χ4v) is 3.32. The first kappa shape index (κ1) is 12.6. The molecule has 0 aliphatic carbocycles. The SMILES string of the molecule is Cc1cccc(C(=O)NC2CCN3CCCC23)c1F. The minimum atomic E-state index is -0.402. The monoisotopic (exact) mass is 262 g/mol. The van der Waals surface area contributed by atoms with E-state index in [2.05, 4.69) is 10.2 Å². The molecule has 0 spiro atoms. The number of hydrogen-bond acceptors (Lipinski definition) is 2. The second-order valence-corrected chi connectivity index (χ2v) is 5.55. The molecule has 4 heteroatoms. The van der Waals surface area contributed by atoms with Gasteiger partial charge in [0.25, 0.3) is 5.91 Å². The van der Waals surface area contributed by atoms with Gasteiger partial charge in [-0.3, -0.25) is 9.69 Å². The number of rotatable bonds is 2. The summed E-state index contributed by atoms with van der Waals surface area (Å²) in [6, 6.07) is 5.59. The molecule has 2 aliphatic heterocycles. The summed E-state index contributed by atoms with van der Waals surface area (Å²) in [5.41, 5.74) is 0.679. The van der Waals surface area contributed by atoms with Crippen molar-refractivity contribution in [3.63, 3.8) is 0 Å². The van der Waals surface area contributed by atoms with E-state index < -0.39 is 5.82 Å². The van der Waals surface area contributed by atoms with Crippen LogP contribution in [0.5, 0.6) is 0 Å². The molecule has 1 aromatic rings. The summed E-state index contributed by atoms with van der Waals surface area (Å²) >= 11 is 0. The number of nitrogens with one attached hydrogen (secondary N) is 1. The molecule has 2 aliphatic rings. The smallest absolute Gasteiger partial charge is 0.254 e. The van der Waals surface area contributed by atoms with Crippen molar-refractivity contribution in [2.75, 3.05) is 13.1 Å². The van der Waals surface area contributed by atoms with Gasteiger partial charge in [-0.2, -0.15) is 0 Å². The predicted octanol–water partition coefficient (Wildman–Crippen LogP) is 2.10. The van der Waals surface area contributed by atoms with Crippen LogP contribution in [-0.2, 0) is 0 Å². The standard InChI is InChI=1S/C15H19FN2O/c1-10-4-2-5-11(14(10)16)15(19)17-12-7-9-18-8-3-6-13(12)18/h2,4-5,12-13H,3,6-9H2,1H3,(H,17,19). The number of aryl methyl sites for hydroxylation is 1. The number of nitrogens with zero attached hydrogens (tertiary/aromatic N) is 1. The van der Waals surface area contributed by atoms with E-state index in [1.54, 1.807) is 25.1 Å². The van der Waals surface area contributed by atoms with Crippen LogP contribution in [0.3, 0.4) is 0 Å². The highest BCUT2D eigenvalue weighted by Gasteiger charge is 2.38. The first-order chi connectivity index (χ1) is 9.16. The number of amides is 1. The van der Waals surface area contributed by atoms with Gasteiger partial charge in [-0.15, -0.1) is 0 Å². The molecule has 3 rings (SSSR count). The van der Waals surface area contributed by atoms with Crippen LogP contribution in [0.15, 0.2) is 18.2 Å². The lowest BCUT2D eigenvalue weighted by atomic mass is 10.1. The highest BCUT2D eigenvalue weighted by atomic mass is 19.1. The summed E-state index contributed by atoms with van der Waals surface area (Å²) in [6.45, 7) is 3.86. The Morgan fingerprint density at radius 2 is 2.21 bits per heavy atom. The predicted molar refractivity (Wildman–Crippen MR) is 71.6 cm³/mol. The summed E-state index contributed by atoms with van der Waals surface area (Å²) in [7, 11) is 0. The first-order valence-electron chi connectivity index (χ1n) is 6.97. The molecule has 2 atom stereocenters. The third-order valence-electron chi connectivity index (χ3n) is 4.36. The molecule has 102 valence electrons. The third-order valence-corrected chi connectivity index (χ3v) is 4.36. The summed E-state index contributed by atoms with van der Waals surface area (Å²) in [6.07, 6.45) is 3.32. The van der Waals surface area contributed by atoms with E-state index >= 15 is 0 Å². The second kappa shape index (κ2) is 4.93. The van der Waals surface area contributed by atoms with Gasteiger partial charge in [0, 0.05) is 18.6 Å². The van der Waals surface area contributed by atoms with Crippen molar-refractivity contribution >= 4 is 5.91 Å². The van der Waals surface area contributed by atoms with Gasteiger partial charge >= 0.3 is 0 Å². The van der Waals surface area contributed by atoms with E-state index in [-0.39, 0.29) is 17.5 Å². The Labute approximate surface area is 112 Å². The van der Waals surface area contributed by atoms with E-state index in [4.69, 9.17) is 0 Å². The average molecular weight is 262 g/mol. The van der Waals surface area contributed by atoms with Crippen molar-refractivity contribution in [3.05, 3.63) is 35.1 Å². The lowest BCUT2D eigenvalue weighted by Crippen LogP contribution is -2.42. The van der Waals surface area contributed by atoms with E-state index in [0.29, 0.717) is 11.6 Å². The summed E-state index contributed by atoms with van der Waals surface area (Å²) in [5, 5.41) is 3.01. The molecule has 2 heterocycles. The summed E-state index contributed by atoms with van der Waals surface area (Å²) in [4.78, 5) is 14.6. The number of carbonyl (C=O) groups is 1. The number of hydrogen-bond donors (Lipinski definition) is 1. The summed E-state index contributed by atoms with van der Waals surface area (Å²) < 4.78 is 13.9. The molecular formula is C15H19FN2O. The maximum atomic E-state index is 13.9. The maximum absolute atomic E-state index is 13.9. The molecule has 0 aromatic heterocycles. The number of halogens is 1. The van der Waals surface area contributed by atoms with Gasteiger partial charge in [-0.25, -0.2) is 4.39 Å². The Morgan fingerprint density at radius 3 is 3.05 bits per heavy atom. The van der Waals surface area contributed by atoms with E-state index in [1.165, 1.54) is 6.42 Å². The van der Waals surface area contributed by atoms with Crippen molar-refractivity contribution in [3.8, 4) is 0 Å². The van der Waals surface area contributed by atoms with Crippen LogP contribution in [0.1, 0.15) is 35.2 Å². The highest BCUT2D eigenvalue weighted by Crippen LogP contribution is 2.28. The minimum Gasteiger partial charge on any atom is -0.348 e. The molecule has 2 fully saturated rings. The van der Waals surface area contributed by atoms with Gasteiger partial charge in [0.1, 0.15) is 5.82 Å². The zero-order valence-corrected chi connectivity index (χ0v) is 11.2. The number of benzene rings is 1. The molecular weight excluding hydrogens is 243 g/mol. The third kappa shape index (κ3) is 2.25. The molecule has 0 radical (unpaired) electrons. The fraction of sp³-hybridized carbons (Fsp3) is 0.533. The maximum Gasteiger partial charge on any atom is 0.254 e. The molecule has 2 unspecified atom stereocenters. The van der Waals surface area contributed by atoms with Crippen LogP contribution >= 0.6 is 0 Å². The molecule has 1 N–H and O–H groups in total. The van der Waals surface area contributed by atoms with Crippen molar-refractivity contribution in [2.24, 2.45) is 0 Å². The lowest BCUT2D eigenvalue weighted by Gasteiger charge is -2.21. The quantitative estimate of drug-likeness (QED) is 0.885. The first-order valence-corrected chi connectivity index (χ1v) is 6.97. The zero-order chi connectivity index (χ0) is 13.4. The minimum absolute atomic E-state index is 0.163. The molecule has 0 bridgehead atoms. The second-order valence-electron chi connectivity index (χ2n) is 5.55. The Bertz CT molecular complexity index is 503. The van der Waals surface area contributed by atoms with Crippen LogP contribution in [0.25, 0.3) is 0 Å². The van der Waals surface area contributed by atoms with E-state index in [0.717, 1.165) is 25.9 Å². The van der Waals surface area contributed by atoms with E-state index in [1.807, 2.05) is 0 Å². The Morgan fingerprint density at radius 1 is 1.37 bits per heavy atom. The molecule has 1 aromatic carbocycles. The zero-order valence-electron chi connectivity index (χ0n) is 11.2. The molecule has 1 amide bonds. The van der Waals surface area contributed by atoms with Crippen molar-refractivity contribution in [1.82, 2.24) is 10.2 Å². The van der Waals surface area contributed by atoms with Crippen LogP contribution in [-0.4, -0.2) is 36.0 Å². The van der Waals surface area contributed by atoms with Gasteiger partial charge < -0.3 is 5.32 Å². The molecule has 3 nitrogen and oxygen atoms in total. The topological polar surface area (TPSA) is 32.3 Å². The summed E-state index contributed by atoms with van der Waals surface area (Å²) in [5.74, 6) is -0.679. The number of fused-ring (bicyclic) bond motifs is 1. The van der Waals surface area contributed by atoms with Gasteiger partial charge in [0.15, 0.2) is 0 Å². The van der Waals surface area contributed by atoms with Gasteiger partial charge in [0.05, 0.1) is 5.56 Å². The largest absolute Gasteiger partial charge is 0.348 e. The molecule has 2 saturated heterocycles. The van der Waals surface area contributed by atoms with Crippen LogP contribution in [0.4, 0.5) is 4.39 Å². The lowest BCUT2D eigenvalue weighted by molar-refractivity contribution is 0.0925. The van der Waals surface area contributed by atoms with Crippen molar-refractivity contribution < 1.29 is 9.18 Å². The fourth-order valence-electron chi connectivity index (χ4n) is 3.32. The van der Waals surface area contributed by atoms with Crippen molar-refractivity contribution in [1.29, 1.82) is 0 Å². The number of carbonyl (C=O) groups excluding carboxylic acids is 1. The van der Waals surface area contributed by atoms with Crippen LogP contribution in [0.2, 0.25) is 0 Å². The van der Waals surface area contributed by atoms with Gasteiger partial charge in [-0.05, 0) is 44.4 Å². The van der Waals surface area contributed by atoms with Crippen molar-refractivity contribution in [2.45, 2.75) is 38.3 Å². The Hall–Kier alpha value is -1.42. The molecule has 0 saturated carbocycles. The van der Waals surface area contributed by atoms with Gasteiger partial charge in [0.2, 0.25) is 0 Å². The normalized spacial score (nSPS) is 26.4. The van der Waals surface area contributed by atoms with E-state index in [9.17, 15) is 9.18 Å². The van der Waals surface area contributed by atoms with Gasteiger partial charge in [-0.1, -0.05) is 12.1 Å². The van der Waals surface area contributed by atoms with Crippen LogP contribution < -0.4 is 5.32 Å². The van der Waals surface area contributed by atoms with Crippen LogP contribution in [0, 0.1) is 12.7 Å². The average Bonchev–Trinajstić information content (AvgIpc) is 2.97. The Balaban J connectivity index is 1.73.